The minimum atomic E-state index is 0.555. The van der Waals surface area contributed by atoms with Crippen LogP contribution in [0.4, 0.5) is 5.69 Å². The highest BCUT2D eigenvalue weighted by molar-refractivity contribution is 5.67. The molecule has 0 fully saturated rings. The molecule has 0 aliphatic heterocycles. The van der Waals surface area contributed by atoms with Crippen LogP contribution in [-0.2, 0) is 6.54 Å². The first-order valence-corrected chi connectivity index (χ1v) is 5.83. The Kier molecular flexibility index (Phi) is 2.68. The zero-order valence-corrected chi connectivity index (χ0v) is 10.1. The van der Waals surface area contributed by atoms with Crippen molar-refractivity contribution in [3.8, 4) is 0 Å². The zero-order valence-electron chi connectivity index (χ0n) is 10.1. The number of fused-ring (bicyclic) bond motifs is 1. The van der Waals surface area contributed by atoms with Crippen LogP contribution < -0.4 is 5.32 Å². The summed E-state index contributed by atoms with van der Waals surface area (Å²) in [6, 6.07) is 13.8. The van der Waals surface area contributed by atoms with Crippen molar-refractivity contribution in [3.63, 3.8) is 0 Å². The smallest absolute Gasteiger partial charge is 0.216 e. The van der Waals surface area contributed by atoms with Crippen LogP contribution in [0.3, 0.4) is 0 Å². The molecule has 0 aliphatic carbocycles. The van der Waals surface area contributed by atoms with Crippen molar-refractivity contribution < 1.29 is 4.42 Å². The van der Waals surface area contributed by atoms with Gasteiger partial charge in [0.25, 0.3) is 0 Å². The molecule has 4 nitrogen and oxygen atoms in total. The Labute approximate surface area is 105 Å². The van der Waals surface area contributed by atoms with E-state index in [1.807, 2.05) is 49.4 Å². The molecule has 0 atom stereocenters. The van der Waals surface area contributed by atoms with Crippen LogP contribution in [0.15, 0.2) is 46.9 Å². The number of para-hydroxylation sites is 1. The summed E-state index contributed by atoms with van der Waals surface area (Å²) in [6.07, 6.45) is 0. The summed E-state index contributed by atoms with van der Waals surface area (Å²) in [6.45, 7) is 2.50. The number of anilines is 1. The van der Waals surface area contributed by atoms with Gasteiger partial charge in [0, 0.05) is 11.4 Å². The third-order valence-electron chi connectivity index (χ3n) is 2.65. The van der Waals surface area contributed by atoms with Crippen LogP contribution in [-0.4, -0.2) is 9.97 Å². The summed E-state index contributed by atoms with van der Waals surface area (Å²) in [7, 11) is 0. The van der Waals surface area contributed by atoms with Gasteiger partial charge in [-0.05, 0) is 31.2 Å². The minimum Gasteiger partial charge on any atom is -0.437 e. The molecular weight excluding hydrogens is 226 g/mol. The van der Waals surface area contributed by atoms with Gasteiger partial charge in [-0.25, -0.2) is 4.98 Å². The molecule has 18 heavy (non-hydrogen) atoms. The van der Waals surface area contributed by atoms with Gasteiger partial charge in [0.2, 0.25) is 5.89 Å². The lowest BCUT2D eigenvalue weighted by Gasteiger charge is -2.01. The van der Waals surface area contributed by atoms with E-state index in [2.05, 4.69) is 15.3 Å². The van der Waals surface area contributed by atoms with Crippen LogP contribution in [0.2, 0.25) is 0 Å². The summed E-state index contributed by atoms with van der Waals surface area (Å²) in [5, 5.41) is 3.25. The van der Waals surface area contributed by atoms with Crippen molar-refractivity contribution in [2.45, 2.75) is 13.5 Å². The monoisotopic (exact) mass is 239 g/mol. The van der Waals surface area contributed by atoms with Crippen LogP contribution in [0.5, 0.6) is 0 Å². The predicted octanol–water partition coefficient (Wildman–Crippen LogP) is 3.14. The quantitative estimate of drug-likeness (QED) is 0.762. The summed E-state index contributed by atoms with van der Waals surface area (Å²) in [4.78, 5) is 8.67. The predicted molar refractivity (Wildman–Crippen MR) is 70.3 cm³/mol. The number of benzene rings is 1. The van der Waals surface area contributed by atoms with Crippen molar-refractivity contribution in [3.05, 3.63) is 54.0 Å². The molecule has 0 saturated heterocycles. The molecule has 2 aromatic heterocycles. The maximum Gasteiger partial charge on any atom is 0.216 e. The average molecular weight is 239 g/mol. The van der Waals surface area contributed by atoms with Crippen molar-refractivity contribution in [1.82, 2.24) is 9.97 Å². The molecule has 0 amide bonds. The standard InChI is InChI=1S/C14H13N3O/c1-10-7-8-12-14(16-10)17-13(18-12)9-15-11-5-3-2-4-6-11/h2-8,15H,9H2,1H3. The largest absolute Gasteiger partial charge is 0.437 e. The lowest BCUT2D eigenvalue weighted by Crippen LogP contribution is -1.98. The Morgan fingerprint density at radius 1 is 1.06 bits per heavy atom. The maximum atomic E-state index is 5.61. The molecule has 3 rings (SSSR count). The van der Waals surface area contributed by atoms with Crippen molar-refractivity contribution in [2.75, 3.05) is 5.32 Å². The Balaban J connectivity index is 1.79. The second-order valence-corrected chi connectivity index (χ2v) is 4.10. The van der Waals surface area contributed by atoms with E-state index in [1.165, 1.54) is 0 Å². The molecule has 2 heterocycles. The number of pyridine rings is 1. The van der Waals surface area contributed by atoms with Crippen molar-refractivity contribution in [2.24, 2.45) is 0 Å². The van der Waals surface area contributed by atoms with Gasteiger partial charge in [-0.2, -0.15) is 4.98 Å². The number of hydrogen-bond acceptors (Lipinski definition) is 4. The molecule has 90 valence electrons. The van der Waals surface area contributed by atoms with E-state index in [9.17, 15) is 0 Å². The molecule has 1 aromatic carbocycles. The van der Waals surface area contributed by atoms with Gasteiger partial charge >= 0.3 is 0 Å². The SMILES string of the molecule is Cc1ccc2oc(CNc3ccccc3)nc2n1. The molecule has 0 radical (unpaired) electrons. The van der Waals surface area contributed by atoms with Crippen LogP contribution in [0, 0.1) is 6.92 Å². The van der Waals surface area contributed by atoms with Gasteiger partial charge < -0.3 is 9.73 Å². The molecule has 0 spiro atoms. The molecule has 1 N–H and O–H groups in total. The lowest BCUT2D eigenvalue weighted by atomic mass is 10.3. The number of nitrogens with zero attached hydrogens (tertiary/aromatic N) is 2. The third-order valence-corrected chi connectivity index (χ3v) is 2.65. The molecule has 0 saturated carbocycles. The van der Waals surface area contributed by atoms with Gasteiger partial charge in [-0.3, -0.25) is 0 Å². The van der Waals surface area contributed by atoms with Crippen LogP contribution in [0.25, 0.3) is 11.2 Å². The number of hydrogen-bond donors (Lipinski definition) is 1. The fourth-order valence-corrected chi connectivity index (χ4v) is 1.77. The topological polar surface area (TPSA) is 51.0 Å². The normalized spacial score (nSPS) is 10.7. The van der Waals surface area contributed by atoms with Crippen molar-refractivity contribution in [1.29, 1.82) is 0 Å². The third kappa shape index (κ3) is 2.18. The van der Waals surface area contributed by atoms with Crippen molar-refractivity contribution >= 4 is 16.9 Å². The van der Waals surface area contributed by atoms with Gasteiger partial charge in [0.1, 0.15) is 0 Å². The van der Waals surface area contributed by atoms with Gasteiger partial charge in [0.05, 0.1) is 6.54 Å². The Bertz CT molecular complexity index is 661. The first-order chi connectivity index (χ1) is 8.81. The molecular formula is C14H13N3O. The van der Waals surface area contributed by atoms with E-state index in [0.717, 1.165) is 17.0 Å². The number of aromatic nitrogens is 2. The highest BCUT2D eigenvalue weighted by atomic mass is 16.3. The summed E-state index contributed by atoms with van der Waals surface area (Å²) < 4.78 is 5.61. The Morgan fingerprint density at radius 2 is 1.89 bits per heavy atom. The first-order valence-electron chi connectivity index (χ1n) is 5.83. The molecule has 0 bridgehead atoms. The first kappa shape index (κ1) is 10.8. The van der Waals surface area contributed by atoms with E-state index in [4.69, 9.17) is 4.42 Å². The van der Waals surface area contributed by atoms with E-state index in [1.54, 1.807) is 0 Å². The van der Waals surface area contributed by atoms with E-state index >= 15 is 0 Å². The Hall–Kier alpha value is -2.36. The second-order valence-electron chi connectivity index (χ2n) is 4.10. The summed E-state index contributed by atoms with van der Waals surface area (Å²) in [5.74, 6) is 0.645. The highest BCUT2D eigenvalue weighted by Gasteiger charge is 2.06. The average Bonchev–Trinajstić information content (AvgIpc) is 2.79. The highest BCUT2D eigenvalue weighted by Crippen LogP contribution is 2.15. The van der Waals surface area contributed by atoms with Gasteiger partial charge in [-0.15, -0.1) is 0 Å². The summed E-state index contributed by atoms with van der Waals surface area (Å²) >= 11 is 0. The van der Waals surface area contributed by atoms with Crippen LogP contribution in [0.1, 0.15) is 11.6 Å². The van der Waals surface area contributed by atoms with E-state index < -0.39 is 0 Å². The van der Waals surface area contributed by atoms with E-state index in [0.29, 0.717) is 18.1 Å². The fourth-order valence-electron chi connectivity index (χ4n) is 1.77. The van der Waals surface area contributed by atoms with Gasteiger partial charge in [-0.1, -0.05) is 18.2 Å². The zero-order chi connectivity index (χ0) is 12.4. The molecule has 3 aromatic rings. The fraction of sp³-hybridized carbons (Fsp3) is 0.143. The van der Waals surface area contributed by atoms with Gasteiger partial charge in [0.15, 0.2) is 11.2 Å². The number of oxazole rings is 1. The minimum absolute atomic E-state index is 0.555. The second kappa shape index (κ2) is 4.49. The number of rotatable bonds is 3. The maximum absolute atomic E-state index is 5.61. The molecule has 4 heteroatoms. The number of nitrogens with one attached hydrogen (secondary N) is 1. The molecule has 0 aliphatic rings. The lowest BCUT2D eigenvalue weighted by molar-refractivity contribution is 0.540. The number of aryl methyl sites for hydroxylation is 1. The summed E-state index contributed by atoms with van der Waals surface area (Å²) in [5.41, 5.74) is 3.38. The Morgan fingerprint density at radius 3 is 2.72 bits per heavy atom. The van der Waals surface area contributed by atoms with E-state index in [-0.39, 0.29) is 0 Å². The molecule has 0 unspecified atom stereocenters. The van der Waals surface area contributed by atoms with Crippen LogP contribution >= 0.6 is 0 Å².